The molecule has 0 bridgehead atoms. The van der Waals surface area contributed by atoms with Crippen molar-refractivity contribution in [2.24, 2.45) is 18.0 Å². The van der Waals surface area contributed by atoms with Crippen LogP contribution in [0.5, 0.6) is 0 Å². The van der Waals surface area contributed by atoms with E-state index in [1.54, 1.807) is 0 Å². The number of nitrogens with one attached hydrogen (secondary N) is 1. The zero-order valence-corrected chi connectivity index (χ0v) is 17.8. The molecule has 0 saturated carbocycles. The summed E-state index contributed by atoms with van der Waals surface area (Å²) in [6, 6.07) is 0.618. The van der Waals surface area contributed by atoms with Crippen LogP contribution in [0.3, 0.4) is 0 Å². The predicted octanol–water partition coefficient (Wildman–Crippen LogP) is 2.67. The number of guanidine groups is 1. The molecule has 0 amide bonds. The average Bonchev–Trinajstić information content (AvgIpc) is 3.14. The first-order valence-electron chi connectivity index (χ1n) is 10.00. The lowest BCUT2D eigenvalue weighted by atomic mass is 10.1. The predicted molar refractivity (Wildman–Crippen MR) is 110 cm³/mol. The number of aliphatic imine (C=N–C) groups is 1. The van der Waals surface area contributed by atoms with Crippen molar-refractivity contribution in [3.05, 3.63) is 17.5 Å². The zero-order valence-electron chi connectivity index (χ0n) is 17.8. The summed E-state index contributed by atoms with van der Waals surface area (Å²) in [5, 5.41) is 8.22. The molecule has 1 aromatic heterocycles. The highest BCUT2D eigenvalue weighted by atomic mass is 15.3. The van der Waals surface area contributed by atoms with Gasteiger partial charge in [0.05, 0.1) is 5.69 Å². The molecule has 0 unspecified atom stereocenters. The normalized spacial score (nSPS) is 19.0. The SMILES string of the molecule is CN=C(NC[C@H]1CCCN1CC(C)C)N(C)Cc1cn(C)nc1C(C)C. The van der Waals surface area contributed by atoms with Gasteiger partial charge in [-0.2, -0.15) is 5.10 Å². The van der Waals surface area contributed by atoms with E-state index < -0.39 is 0 Å². The van der Waals surface area contributed by atoms with E-state index in [0.717, 1.165) is 25.0 Å². The fourth-order valence-corrected chi connectivity index (χ4v) is 3.92. The Morgan fingerprint density at radius 1 is 1.38 bits per heavy atom. The van der Waals surface area contributed by atoms with Crippen LogP contribution in [-0.4, -0.2) is 65.3 Å². The van der Waals surface area contributed by atoms with Gasteiger partial charge in [-0.25, -0.2) is 0 Å². The minimum atomic E-state index is 0.428. The average molecular weight is 363 g/mol. The molecule has 148 valence electrons. The molecule has 0 aliphatic carbocycles. The highest BCUT2D eigenvalue weighted by molar-refractivity contribution is 5.79. The van der Waals surface area contributed by atoms with Gasteiger partial charge in [0.25, 0.3) is 0 Å². The largest absolute Gasteiger partial charge is 0.355 e. The molecule has 1 saturated heterocycles. The van der Waals surface area contributed by atoms with Crippen molar-refractivity contribution >= 4 is 5.96 Å². The Morgan fingerprint density at radius 3 is 2.73 bits per heavy atom. The number of rotatable bonds is 7. The second-order valence-electron chi connectivity index (χ2n) is 8.34. The van der Waals surface area contributed by atoms with Crippen LogP contribution < -0.4 is 5.32 Å². The van der Waals surface area contributed by atoms with Crippen molar-refractivity contribution in [3.8, 4) is 0 Å². The van der Waals surface area contributed by atoms with Gasteiger partial charge in [-0.3, -0.25) is 14.6 Å². The van der Waals surface area contributed by atoms with Crippen molar-refractivity contribution in [2.45, 2.75) is 59.0 Å². The van der Waals surface area contributed by atoms with Crippen molar-refractivity contribution < 1.29 is 0 Å². The standard InChI is InChI=1S/C20H38N6/c1-15(2)12-26-10-8-9-18(26)11-22-20(21-5)24(6)13-17-14-25(7)23-19(17)16(3)4/h14-16,18H,8-13H2,1-7H3,(H,21,22)/t18-/m1/s1. The first kappa shape index (κ1) is 20.7. The molecule has 1 N–H and O–H groups in total. The fraction of sp³-hybridized carbons (Fsp3) is 0.800. The Morgan fingerprint density at radius 2 is 2.12 bits per heavy atom. The van der Waals surface area contributed by atoms with Crippen LogP contribution in [0.15, 0.2) is 11.2 Å². The maximum atomic E-state index is 4.62. The summed E-state index contributed by atoms with van der Waals surface area (Å²) in [4.78, 5) is 9.33. The van der Waals surface area contributed by atoms with E-state index >= 15 is 0 Å². The maximum Gasteiger partial charge on any atom is 0.193 e. The smallest absolute Gasteiger partial charge is 0.193 e. The lowest BCUT2D eigenvalue weighted by molar-refractivity contribution is 0.225. The van der Waals surface area contributed by atoms with E-state index in [0.29, 0.717) is 12.0 Å². The first-order chi connectivity index (χ1) is 12.3. The molecular weight excluding hydrogens is 324 g/mol. The van der Waals surface area contributed by atoms with E-state index in [9.17, 15) is 0 Å². The van der Waals surface area contributed by atoms with Crippen LogP contribution in [0.2, 0.25) is 0 Å². The van der Waals surface area contributed by atoms with Gasteiger partial charge in [-0.05, 0) is 31.2 Å². The van der Waals surface area contributed by atoms with Gasteiger partial charge in [-0.1, -0.05) is 27.7 Å². The number of aryl methyl sites for hydroxylation is 1. The first-order valence-corrected chi connectivity index (χ1v) is 10.00. The zero-order chi connectivity index (χ0) is 19.3. The molecule has 6 nitrogen and oxygen atoms in total. The monoisotopic (exact) mass is 362 g/mol. The quantitative estimate of drug-likeness (QED) is 0.598. The van der Waals surface area contributed by atoms with Crippen molar-refractivity contribution in [3.63, 3.8) is 0 Å². The Bertz CT molecular complexity index is 589. The minimum absolute atomic E-state index is 0.428. The Labute approximate surface area is 159 Å². The fourth-order valence-electron chi connectivity index (χ4n) is 3.92. The number of aromatic nitrogens is 2. The van der Waals surface area contributed by atoms with Crippen molar-refractivity contribution in [2.75, 3.05) is 33.7 Å². The summed E-state index contributed by atoms with van der Waals surface area (Å²) in [5.41, 5.74) is 2.45. The number of nitrogens with zero attached hydrogens (tertiary/aromatic N) is 5. The van der Waals surface area contributed by atoms with Crippen LogP contribution in [0.25, 0.3) is 0 Å². The van der Waals surface area contributed by atoms with Gasteiger partial charge >= 0.3 is 0 Å². The number of likely N-dealkylation sites (tertiary alicyclic amines) is 1. The van der Waals surface area contributed by atoms with Crippen molar-refractivity contribution in [1.82, 2.24) is 24.9 Å². The summed E-state index contributed by atoms with van der Waals surface area (Å²) in [6.07, 6.45) is 4.71. The van der Waals surface area contributed by atoms with Crippen LogP contribution >= 0.6 is 0 Å². The summed E-state index contributed by atoms with van der Waals surface area (Å²) in [6.45, 7) is 13.2. The molecule has 26 heavy (non-hydrogen) atoms. The molecule has 1 aliphatic rings. The molecule has 0 spiro atoms. The van der Waals surface area contributed by atoms with E-state index in [4.69, 9.17) is 0 Å². The molecule has 1 aromatic rings. The molecule has 2 heterocycles. The Kier molecular flexibility index (Phi) is 7.50. The lowest BCUT2D eigenvalue weighted by Crippen LogP contribution is -2.46. The second kappa shape index (κ2) is 9.40. The molecule has 1 atom stereocenters. The third kappa shape index (κ3) is 5.47. The number of hydrogen-bond donors (Lipinski definition) is 1. The van der Waals surface area contributed by atoms with Gasteiger partial charge in [0.1, 0.15) is 0 Å². The van der Waals surface area contributed by atoms with E-state index in [-0.39, 0.29) is 0 Å². The van der Waals surface area contributed by atoms with Crippen LogP contribution in [0, 0.1) is 5.92 Å². The molecule has 1 aliphatic heterocycles. The van der Waals surface area contributed by atoms with Gasteiger partial charge in [0, 0.05) is 58.6 Å². The van der Waals surface area contributed by atoms with Crippen molar-refractivity contribution in [1.29, 1.82) is 0 Å². The highest BCUT2D eigenvalue weighted by Gasteiger charge is 2.25. The summed E-state index contributed by atoms with van der Waals surface area (Å²) in [5.74, 6) is 2.11. The summed E-state index contributed by atoms with van der Waals surface area (Å²) < 4.78 is 1.91. The lowest BCUT2D eigenvalue weighted by Gasteiger charge is -2.28. The number of hydrogen-bond acceptors (Lipinski definition) is 3. The minimum Gasteiger partial charge on any atom is -0.355 e. The highest BCUT2D eigenvalue weighted by Crippen LogP contribution is 2.19. The molecule has 6 heteroatoms. The van der Waals surface area contributed by atoms with Gasteiger partial charge in [0.15, 0.2) is 5.96 Å². The summed E-state index contributed by atoms with van der Waals surface area (Å²) in [7, 11) is 5.96. The molecule has 0 aromatic carbocycles. The Balaban J connectivity index is 1.94. The third-order valence-corrected chi connectivity index (χ3v) is 5.06. The van der Waals surface area contributed by atoms with E-state index in [2.05, 4.69) is 66.1 Å². The second-order valence-corrected chi connectivity index (χ2v) is 8.34. The Hall–Kier alpha value is -1.56. The van der Waals surface area contributed by atoms with Gasteiger partial charge < -0.3 is 10.2 Å². The molecule has 1 fully saturated rings. The topological polar surface area (TPSA) is 48.7 Å². The van der Waals surface area contributed by atoms with Gasteiger partial charge in [-0.15, -0.1) is 0 Å². The molecular formula is C20H38N6. The third-order valence-electron chi connectivity index (χ3n) is 5.06. The molecule has 0 radical (unpaired) electrons. The van der Waals surface area contributed by atoms with Crippen LogP contribution in [0.4, 0.5) is 0 Å². The van der Waals surface area contributed by atoms with E-state index in [1.807, 2.05) is 18.8 Å². The van der Waals surface area contributed by atoms with Crippen LogP contribution in [-0.2, 0) is 13.6 Å². The maximum absolute atomic E-state index is 4.62. The van der Waals surface area contributed by atoms with Crippen LogP contribution in [0.1, 0.15) is 57.7 Å². The summed E-state index contributed by atoms with van der Waals surface area (Å²) >= 11 is 0. The van der Waals surface area contributed by atoms with E-state index in [1.165, 1.54) is 37.2 Å². The van der Waals surface area contributed by atoms with Gasteiger partial charge in [0.2, 0.25) is 0 Å². The molecule has 2 rings (SSSR count).